The molecule has 0 aromatic heterocycles. The van der Waals surface area contributed by atoms with Crippen LogP contribution in [0.2, 0.25) is 0 Å². The minimum absolute atomic E-state index is 0.216. The van der Waals surface area contributed by atoms with Gasteiger partial charge in [-0.05, 0) is 17.5 Å². The van der Waals surface area contributed by atoms with Crippen LogP contribution in [0, 0.1) is 0 Å². The van der Waals surface area contributed by atoms with E-state index in [1.54, 1.807) is 19.1 Å². The molecule has 0 heterocycles. The van der Waals surface area contributed by atoms with Crippen LogP contribution in [0.15, 0.2) is 60.7 Å². The average Bonchev–Trinajstić information content (AvgIpc) is 2.63. The number of methoxy groups -OCH3 is 1. The quantitative estimate of drug-likeness (QED) is 0.797. The molecule has 2 aromatic carbocycles. The SMILES string of the molecule is CC[C@@](OCc1ccccc1)(C(=O)OC)[C@H](O)c1ccccc1. The number of hydrogen-bond acceptors (Lipinski definition) is 4. The second kappa shape index (κ2) is 7.90. The summed E-state index contributed by atoms with van der Waals surface area (Å²) in [7, 11) is 1.30. The summed E-state index contributed by atoms with van der Waals surface area (Å²) in [6.07, 6.45) is -0.812. The maximum Gasteiger partial charge on any atom is 0.341 e. The summed E-state index contributed by atoms with van der Waals surface area (Å²) in [5.41, 5.74) is 0.105. The zero-order valence-electron chi connectivity index (χ0n) is 13.4. The van der Waals surface area contributed by atoms with Gasteiger partial charge < -0.3 is 14.6 Å². The van der Waals surface area contributed by atoms with Gasteiger partial charge in [-0.3, -0.25) is 0 Å². The molecule has 4 heteroatoms. The first-order valence-electron chi connectivity index (χ1n) is 7.63. The first kappa shape index (κ1) is 17.2. The van der Waals surface area contributed by atoms with Gasteiger partial charge >= 0.3 is 5.97 Å². The summed E-state index contributed by atoms with van der Waals surface area (Å²) >= 11 is 0. The normalized spacial score (nSPS) is 14.7. The van der Waals surface area contributed by atoms with E-state index in [0.717, 1.165) is 5.56 Å². The Kier molecular flexibility index (Phi) is 5.90. The van der Waals surface area contributed by atoms with Gasteiger partial charge in [0.05, 0.1) is 13.7 Å². The number of aliphatic hydroxyl groups excluding tert-OH is 1. The van der Waals surface area contributed by atoms with E-state index in [9.17, 15) is 9.90 Å². The van der Waals surface area contributed by atoms with Gasteiger partial charge in [-0.25, -0.2) is 4.79 Å². The molecule has 0 amide bonds. The first-order valence-corrected chi connectivity index (χ1v) is 7.63. The monoisotopic (exact) mass is 314 g/mol. The van der Waals surface area contributed by atoms with Gasteiger partial charge in [0.25, 0.3) is 0 Å². The molecule has 0 aliphatic carbocycles. The Morgan fingerprint density at radius 1 is 1.09 bits per heavy atom. The summed E-state index contributed by atoms with van der Waals surface area (Å²) in [5, 5.41) is 10.8. The van der Waals surface area contributed by atoms with E-state index < -0.39 is 17.7 Å². The molecule has 2 rings (SSSR count). The number of aliphatic hydroxyl groups is 1. The standard InChI is InChI=1S/C19H22O4/c1-3-19(18(21)22-2,17(20)16-12-8-5-9-13-16)23-14-15-10-6-4-7-11-15/h4-13,17,20H,3,14H2,1-2H3/t17-,19+/m1/s1. The Bertz CT molecular complexity index is 612. The van der Waals surface area contributed by atoms with Gasteiger partial charge in [0.1, 0.15) is 6.10 Å². The van der Waals surface area contributed by atoms with Crippen LogP contribution >= 0.6 is 0 Å². The molecular formula is C19H22O4. The Balaban J connectivity index is 2.29. The van der Waals surface area contributed by atoms with Gasteiger partial charge in [0, 0.05) is 0 Å². The van der Waals surface area contributed by atoms with Crippen molar-refractivity contribution in [2.24, 2.45) is 0 Å². The van der Waals surface area contributed by atoms with E-state index in [1.165, 1.54) is 7.11 Å². The smallest absolute Gasteiger partial charge is 0.341 e. The molecule has 2 aromatic rings. The first-order chi connectivity index (χ1) is 11.1. The highest BCUT2D eigenvalue weighted by molar-refractivity contribution is 5.80. The highest BCUT2D eigenvalue weighted by Gasteiger charge is 2.47. The molecule has 23 heavy (non-hydrogen) atoms. The predicted octanol–water partition coefficient (Wildman–Crippen LogP) is 3.26. The largest absolute Gasteiger partial charge is 0.467 e. The Morgan fingerprint density at radius 2 is 1.65 bits per heavy atom. The minimum atomic E-state index is -1.44. The highest BCUT2D eigenvalue weighted by Crippen LogP contribution is 2.34. The molecule has 0 fully saturated rings. The fourth-order valence-electron chi connectivity index (χ4n) is 2.55. The second-order valence-corrected chi connectivity index (χ2v) is 5.32. The number of carbonyl (C=O) groups is 1. The third-order valence-electron chi connectivity index (χ3n) is 3.95. The summed E-state index contributed by atoms with van der Waals surface area (Å²) in [5.74, 6) is -0.577. The molecule has 122 valence electrons. The molecular weight excluding hydrogens is 292 g/mol. The van der Waals surface area contributed by atoms with Crippen molar-refractivity contribution in [3.8, 4) is 0 Å². The van der Waals surface area contributed by atoms with E-state index >= 15 is 0 Å². The highest BCUT2D eigenvalue weighted by atomic mass is 16.6. The second-order valence-electron chi connectivity index (χ2n) is 5.32. The van der Waals surface area contributed by atoms with Crippen molar-refractivity contribution in [2.45, 2.75) is 31.7 Å². The van der Waals surface area contributed by atoms with E-state index in [-0.39, 0.29) is 6.61 Å². The number of carbonyl (C=O) groups excluding carboxylic acids is 1. The lowest BCUT2D eigenvalue weighted by atomic mass is 9.88. The molecule has 0 aliphatic heterocycles. The summed E-state index contributed by atoms with van der Waals surface area (Å²) in [6.45, 7) is 2.02. The van der Waals surface area contributed by atoms with Crippen molar-refractivity contribution in [3.63, 3.8) is 0 Å². The molecule has 2 atom stereocenters. The third kappa shape index (κ3) is 3.78. The molecule has 0 saturated carbocycles. The van der Waals surface area contributed by atoms with Crippen LogP contribution < -0.4 is 0 Å². The third-order valence-corrected chi connectivity index (χ3v) is 3.95. The van der Waals surface area contributed by atoms with Crippen LogP contribution in [-0.4, -0.2) is 23.8 Å². The van der Waals surface area contributed by atoms with Crippen LogP contribution in [-0.2, 0) is 20.9 Å². The molecule has 0 spiro atoms. The fourth-order valence-corrected chi connectivity index (χ4v) is 2.55. The lowest BCUT2D eigenvalue weighted by molar-refractivity contribution is -0.191. The molecule has 0 aliphatic rings. The van der Waals surface area contributed by atoms with E-state index in [0.29, 0.717) is 12.0 Å². The van der Waals surface area contributed by atoms with Gasteiger partial charge in [-0.1, -0.05) is 67.6 Å². The summed E-state index contributed by atoms with van der Waals surface area (Å²) in [6, 6.07) is 18.5. The maximum atomic E-state index is 12.4. The molecule has 0 saturated heterocycles. The van der Waals surface area contributed by atoms with Crippen LogP contribution in [0.3, 0.4) is 0 Å². The Hall–Kier alpha value is -2.17. The van der Waals surface area contributed by atoms with Crippen molar-refractivity contribution in [2.75, 3.05) is 7.11 Å². The number of rotatable bonds is 7. The van der Waals surface area contributed by atoms with Crippen molar-refractivity contribution < 1.29 is 19.4 Å². The molecule has 0 radical (unpaired) electrons. The van der Waals surface area contributed by atoms with Gasteiger partial charge in [0.2, 0.25) is 0 Å². The zero-order chi connectivity index (χ0) is 16.7. The van der Waals surface area contributed by atoms with Gasteiger partial charge in [0.15, 0.2) is 5.60 Å². The van der Waals surface area contributed by atoms with E-state index in [4.69, 9.17) is 9.47 Å². The van der Waals surface area contributed by atoms with Crippen LogP contribution in [0.1, 0.15) is 30.6 Å². The Morgan fingerprint density at radius 3 is 2.17 bits per heavy atom. The molecule has 1 N–H and O–H groups in total. The van der Waals surface area contributed by atoms with Crippen LogP contribution in [0.4, 0.5) is 0 Å². The average molecular weight is 314 g/mol. The van der Waals surface area contributed by atoms with Crippen LogP contribution in [0.5, 0.6) is 0 Å². The maximum absolute atomic E-state index is 12.4. The summed E-state index contributed by atoms with van der Waals surface area (Å²) in [4.78, 5) is 12.4. The summed E-state index contributed by atoms with van der Waals surface area (Å²) < 4.78 is 10.8. The number of hydrogen-bond donors (Lipinski definition) is 1. The topological polar surface area (TPSA) is 55.8 Å². The lowest BCUT2D eigenvalue weighted by Gasteiger charge is -2.34. The minimum Gasteiger partial charge on any atom is -0.467 e. The molecule has 0 bridgehead atoms. The Labute approximate surface area is 136 Å². The predicted molar refractivity (Wildman–Crippen MR) is 87.7 cm³/mol. The molecule has 0 unspecified atom stereocenters. The van der Waals surface area contributed by atoms with Crippen molar-refractivity contribution in [3.05, 3.63) is 71.8 Å². The molecule has 4 nitrogen and oxygen atoms in total. The van der Waals surface area contributed by atoms with Gasteiger partial charge in [-0.2, -0.15) is 0 Å². The van der Waals surface area contributed by atoms with Crippen molar-refractivity contribution >= 4 is 5.97 Å². The lowest BCUT2D eigenvalue weighted by Crippen LogP contribution is -2.47. The fraction of sp³-hybridized carbons (Fsp3) is 0.316. The van der Waals surface area contributed by atoms with Crippen LogP contribution in [0.25, 0.3) is 0 Å². The van der Waals surface area contributed by atoms with E-state index in [1.807, 2.05) is 48.5 Å². The number of benzene rings is 2. The number of ether oxygens (including phenoxy) is 2. The van der Waals surface area contributed by atoms with Crippen molar-refractivity contribution in [1.82, 2.24) is 0 Å². The zero-order valence-corrected chi connectivity index (χ0v) is 13.4. The van der Waals surface area contributed by atoms with E-state index in [2.05, 4.69) is 0 Å². The van der Waals surface area contributed by atoms with Crippen molar-refractivity contribution in [1.29, 1.82) is 0 Å². The van der Waals surface area contributed by atoms with Gasteiger partial charge in [-0.15, -0.1) is 0 Å². The number of esters is 1.